The van der Waals surface area contributed by atoms with Crippen LogP contribution < -0.4 is 0 Å². The summed E-state index contributed by atoms with van der Waals surface area (Å²) in [5, 5.41) is 9.93. The summed E-state index contributed by atoms with van der Waals surface area (Å²) in [4.78, 5) is 5.26. The molecule has 128 valence electrons. The fourth-order valence-electron chi connectivity index (χ4n) is 5.28. The van der Waals surface area contributed by atoms with Crippen molar-refractivity contribution in [2.45, 2.75) is 45.8 Å². The Hall–Kier alpha value is -0.900. The first kappa shape index (κ1) is 16.9. The smallest absolute Gasteiger partial charge is 0.0477 e. The van der Waals surface area contributed by atoms with Crippen LogP contribution in [0.25, 0.3) is 0 Å². The number of likely N-dealkylation sites (tertiary alicyclic amines) is 1. The summed E-state index contributed by atoms with van der Waals surface area (Å²) in [5.74, 6) is 1.88. The van der Waals surface area contributed by atoms with Crippen LogP contribution in [0.2, 0.25) is 0 Å². The van der Waals surface area contributed by atoms with Gasteiger partial charge in [0.05, 0.1) is 0 Å². The monoisotopic (exact) mass is 316 g/mol. The number of nitrogens with zero attached hydrogens (tertiary/aromatic N) is 2. The van der Waals surface area contributed by atoms with Crippen LogP contribution in [-0.4, -0.2) is 53.2 Å². The minimum atomic E-state index is 0.345. The molecule has 3 nitrogen and oxygen atoms in total. The average molecular weight is 316 g/mol. The van der Waals surface area contributed by atoms with Crippen LogP contribution in [0.3, 0.4) is 0 Å². The summed E-state index contributed by atoms with van der Waals surface area (Å²) >= 11 is 0. The van der Waals surface area contributed by atoms with Crippen LogP contribution in [0.5, 0.6) is 0 Å². The predicted octanol–water partition coefficient (Wildman–Crippen LogP) is 2.85. The van der Waals surface area contributed by atoms with E-state index < -0.39 is 0 Å². The summed E-state index contributed by atoms with van der Waals surface area (Å²) in [7, 11) is 0. The zero-order valence-corrected chi connectivity index (χ0v) is 14.9. The largest absolute Gasteiger partial charge is 0.396 e. The maximum Gasteiger partial charge on any atom is 0.0477 e. The number of aliphatic hydroxyl groups excluding tert-OH is 1. The van der Waals surface area contributed by atoms with Crippen molar-refractivity contribution in [3.8, 4) is 0 Å². The highest BCUT2D eigenvalue weighted by Gasteiger charge is 2.59. The summed E-state index contributed by atoms with van der Waals surface area (Å²) < 4.78 is 0. The molecule has 3 rings (SSSR count). The number of hydrogen-bond donors (Lipinski definition) is 1. The highest BCUT2D eigenvalue weighted by molar-refractivity contribution is 5.17. The number of fused-ring (bicyclic) bond motifs is 1. The lowest BCUT2D eigenvalue weighted by Gasteiger charge is -2.54. The van der Waals surface area contributed by atoms with Crippen molar-refractivity contribution in [3.63, 3.8) is 0 Å². The van der Waals surface area contributed by atoms with Gasteiger partial charge in [-0.2, -0.15) is 0 Å². The van der Waals surface area contributed by atoms with Crippen LogP contribution in [0.1, 0.15) is 32.8 Å². The predicted molar refractivity (Wildman–Crippen MR) is 95.2 cm³/mol. The minimum Gasteiger partial charge on any atom is -0.396 e. The fourth-order valence-corrected chi connectivity index (χ4v) is 5.28. The quantitative estimate of drug-likeness (QED) is 0.838. The Balaban J connectivity index is 1.77. The molecule has 2 fully saturated rings. The first-order chi connectivity index (χ1) is 11.2. The number of benzene rings is 1. The fraction of sp³-hybridized carbons (Fsp3) is 0.700. The third kappa shape index (κ3) is 2.95. The lowest BCUT2D eigenvalue weighted by atomic mass is 9.59. The molecule has 5 atom stereocenters. The highest BCUT2D eigenvalue weighted by Crippen LogP contribution is 2.52. The van der Waals surface area contributed by atoms with Gasteiger partial charge in [0, 0.05) is 37.7 Å². The Morgan fingerprint density at radius 3 is 2.39 bits per heavy atom. The molecule has 0 aromatic heterocycles. The Morgan fingerprint density at radius 2 is 1.83 bits per heavy atom. The van der Waals surface area contributed by atoms with Gasteiger partial charge < -0.3 is 10.0 Å². The molecule has 0 bridgehead atoms. The molecule has 0 unspecified atom stereocenters. The maximum atomic E-state index is 9.93. The van der Waals surface area contributed by atoms with Crippen LogP contribution in [0.4, 0.5) is 0 Å². The van der Waals surface area contributed by atoms with Crippen molar-refractivity contribution in [1.82, 2.24) is 9.80 Å². The van der Waals surface area contributed by atoms with Gasteiger partial charge in [-0.1, -0.05) is 51.1 Å². The van der Waals surface area contributed by atoms with Gasteiger partial charge in [0.15, 0.2) is 0 Å². The van der Waals surface area contributed by atoms with Crippen molar-refractivity contribution in [2.75, 3.05) is 26.2 Å². The first-order valence-corrected chi connectivity index (χ1v) is 9.37. The van der Waals surface area contributed by atoms with Gasteiger partial charge in [-0.15, -0.1) is 0 Å². The molecule has 0 spiro atoms. The second-order valence-corrected chi connectivity index (χ2v) is 7.19. The maximum absolute atomic E-state index is 9.93. The molecule has 1 saturated heterocycles. The summed E-state index contributed by atoms with van der Waals surface area (Å²) in [6.07, 6.45) is 1.21. The van der Waals surface area contributed by atoms with E-state index in [0.29, 0.717) is 30.5 Å². The Kier molecular flexibility index (Phi) is 5.40. The highest BCUT2D eigenvalue weighted by atomic mass is 16.3. The Bertz CT molecular complexity index is 488. The Morgan fingerprint density at radius 1 is 1.13 bits per heavy atom. The molecular formula is C20H32N2O. The van der Waals surface area contributed by atoms with Gasteiger partial charge in [-0.3, -0.25) is 4.90 Å². The van der Waals surface area contributed by atoms with E-state index in [1.54, 1.807) is 0 Å². The van der Waals surface area contributed by atoms with Gasteiger partial charge in [0.25, 0.3) is 0 Å². The zero-order chi connectivity index (χ0) is 16.4. The third-order valence-corrected chi connectivity index (χ3v) is 6.33. The van der Waals surface area contributed by atoms with Crippen molar-refractivity contribution < 1.29 is 5.11 Å². The molecule has 1 N–H and O–H groups in total. The number of hydrogen-bond acceptors (Lipinski definition) is 3. The molecule has 1 aliphatic carbocycles. The van der Waals surface area contributed by atoms with Crippen molar-refractivity contribution in [1.29, 1.82) is 0 Å². The van der Waals surface area contributed by atoms with Crippen LogP contribution in [-0.2, 0) is 6.54 Å². The van der Waals surface area contributed by atoms with Gasteiger partial charge >= 0.3 is 0 Å². The normalized spacial score (nSPS) is 33.7. The van der Waals surface area contributed by atoms with Crippen LogP contribution in [0.15, 0.2) is 30.3 Å². The molecule has 0 radical (unpaired) electrons. The van der Waals surface area contributed by atoms with Crippen molar-refractivity contribution >= 4 is 0 Å². The molecule has 1 aromatic rings. The molecule has 1 heterocycles. The average Bonchev–Trinajstić information content (AvgIpc) is 2.87. The van der Waals surface area contributed by atoms with E-state index in [1.807, 2.05) is 0 Å². The molecule has 23 heavy (non-hydrogen) atoms. The van der Waals surface area contributed by atoms with E-state index in [9.17, 15) is 5.11 Å². The van der Waals surface area contributed by atoms with E-state index >= 15 is 0 Å². The standard InChI is InChI=1S/C20H32N2O/c1-4-18-19-16(17(14-23)20(19)21(5-2)6-3)13-22(18)12-15-10-8-7-9-11-15/h7-11,16-20,23H,4-6,12-14H2,1-3H3/t16-,17+,18-,19+,20-/m0/s1. The lowest BCUT2D eigenvalue weighted by Crippen LogP contribution is -2.62. The third-order valence-electron chi connectivity index (χ3n) is 6.33. The van der Waals surface area contributed by atoms with E-state index in [4.69, 9.17) is 0 Å². The second kappa shape index (κ2) is 7.33. The van der Waals surface area contributed by atoms with Crippen LogP contribution in [0, 0.1) is 17.8 Å². The molecular weight excluding hydrogens is 284 g/mol. The minimum absolute atomic E-state index is 0.345. The van der Waals surface area contributed by atoms with Crippen molar-refractivity contribution in [2.24, 2.45) is 17.8 Å². The van der Waals surface area contributed by atoms with Crippen LogP contribution >= 0.6 is 0 Å². The number of rotatable bonds is 7. The molecule has 1 saturated carbocycles. The van der Waals surface area contributed by atoms with E-state index in [0.717, 1.165) is 32.1 Å². The molecule has 0 amide bonds. The first-order valence-electron chi connectivity index (χ1n) is 9.37. The Labute approximate surface area is 141 Å². The number of aliphatic hydroxyl groups is 1. The summed E-state index contributed by atoms with van der Waals surface area (Å²) in [6.45, 7) is 11.6. The molecule has 3 heteroatoms. The molecule has 1 aliphatic heterocycles. The second-order valence-electron chi connectivity index (χ2n) is 7.19. The molecule has 1 aromatic carbocycles. The van der Waals surface area contributed by atoms with Gasteiger partial charge in [0.1, 0.15) is 0 Å². The summed E-state index contributed by atoms with van der Waals surface area (Å²) in [5.41, 5.74) is 1.41. The topological polar surface area (TPSA) is 26.7 Å². The SMILES string of the molecule is CC[C@H]1[C@H]2[C@@H](CN1Cc1ccccc1)[C@@H](CO)[C@@H]2N(CC)CC. The lowest BCUT2D eigenvalue weighted by molar-refractivity contribution is -0.0705. The van der Waals surface area contributed by atoms with Crippen molar-refractivity contribution in [3.05, 3.63) is 35.9 Å². The summed E-state index contributed by atoms with van der Waals surface area (Å²) in [6, 6.07) is 12.1. The van der Waals surface area contributed by atoms with Gasteiger partial charge in [-0.25, -0.2) is 0 Å². The van der Waals surface area contributed by atoms with Gasteiger partial charge in [-0.05, 0) is 36.9 Å². The van der Waals surface area contributed by atoms with E-state index in [2.05, 4.69) is 60.9 Å². The molecule has 2 aliphatic rings. The van der Waals surface area contributed by atoms with Gasteiger partial charge in [0.2, 0.25) is 0 Å². The van der Waals surface area contributed by atoms with E-state index in [1.165, 1.54) is 12.0 Å². The zero-order valence-electron chi connectivity index (χ0n) is 14.9. The van der Waals surface area contributed by atoms with E-state index in [-0.39, 0.29) is 0 Å².